The minimum atomic E-state index is -0.498. The number of ether oxygens (including phenoxy) is 2. The van der Waals surface area contributed by atoms with Gasteiger partial charge in [0.2, 0.25) is 5.90 Å². The second-order valence-electron chi connectivity index (χ2n) is 7.08. The van der Waals surface area contributed by atoms with Crippen LogP contribution in [0.5, 0.6) is 5.75 Å². The van der Waals surface area contributed by atoms with Crippen molar-refractivity contribution < 1.29 is 19.2 Å². The predicted molar refractivity (Wildman–Crippen MR) is 128 cm³/mol. The van der Waals surface area contributed by atoms with Gasteiger partial charge in [0.25, 0.3) is 5.69 Å². The SMILES string of the molecule is Cc1cc(C2=N/C(=C\c3ccc(OCc4cccc([N+](=O)[O-])c4)cc3)C(=O)O2)ccc1I. The van der Waals surface area contributed by atoms with Gasteiger partial charge in [-0.05, 0) is 82.6 Å². The van der Waals surface area contributed by atoms with Crippen LogP contribution in [0.25, 0.3) is 6.08 Å². The molecule has 0 bridgehead atoms. The fraction of sp³-hybridized carbons (Fsp3) is 0.0833. The topological polar surface area (TPSA) is 91.0 Å². The molecule has 4 rings (SSSR count). The molecule has 0 saturated heterocycles. The van der Waals surface area contributed by atoms with Crippen LogP contribution in [0.1, 0.15) is 22.3 Å². The highest BCUT2D eigenvalue weighted by Gasteiger charge is 2.24. The summed E-state index contributed by atoms with van der Waals surface area (Å²) in [6, 6.07) is 19.2. The summed E-state index contributed by atoms with van der Waals surface area (Å²) in [5.74, 6) is 0.395. The van der Waals surface area contributed by atoms with E-state index in [1.54, 1.807) is 42.5 Å². The molecule has 0 saturated carbocycles. The maximum atomic E-state index is 12.2. The number of benzene rings is 3. The number of rotatable bonds is 6. The summed E-state index contributed by atoms with van der Waals surface area (Å²) in [5, 5.41) is 10.9. The van der Waals surface area contributed by atoms with E-state index in [9.17, 15) is 14.9 Å². The standard InChI is InChI=1S/C24H17IN2O5/c1-15-11-18(7-10-21(15)25)23-26-22(24(28)32-23)13-16-5-8-20(9-6-16)31-14-17-3-2-4-19(12-17)27(29)30/h2-13H,14H2,1H3/b22-13-. The number of nitro benzene ring substituents is 1. The van der Waals surface area contributed by atoms with Crippen molar-refractivity contribution in [2.24, 2.45) is 4.99 Å². The summed E-state index contributed by atoms with van der Waals surface area (Å²) in [7, 11) is 0. The highest BCUT2D eigenvalue weighted by Crippen LogP contribution is 2.23. The first kappa shape index (κ1) is 21.7. The molecule has 3 aromatic rings. The molecular formula is C24H17IN2O5. The van der Waals surface area contributed by atoms with Crippen LogP contribution in [-0.4, -0.2) is 16.8 Å². The van der Waals surface area contributed by atoms with Crippen LogP contribution < -0.4 is 4.74 Å². The Morgan fingerprint density at radius 2 is 1.91 bits per heavy atom. The minimum absolute atomic E-state index is 0.0249. The Labute approximate surface area is 197 Å². The molecule has 8 heteroatoms. The van der Waals surface area contributed by atoms with Gasteiger partial charge in [-0.3, -0.25) is 10.1 Å². The van der Waals surface area contributed by atoms with Crippen molar-refractivity contribution in [2.75, 3.05) is 0 Å². The first-order chi connectivity index (χ1) is 15.4. The minimum Gasteiger partial charge on any atom is -0.489 e. The van der Waals surface area contributed by atoms with Gasteiger partial charge in [-0.1, -0.05) is 24.3 Å². The largest absolute Gasteiger partial charge is 0.489 e. The molecular weight excluding hydrogens is 523 g/mol. The summed E-state index contributed by atoms with van der Waals surface area (Å²) < 4.78 is 12.2. The number of carbonyl (C=O) groups excluding carboxylic acids is 1. The van der Waals surface area contributed by atoms with Crippen molar-refractivity contribution in [3.05, 3.63) is 108 Å². The van der Waals surface area contributed by atoms with Gasteiger partial charge >= 0.3 is 5.97 Å². The highest BCUT2D eigenvalue weighted by molar-refractivity contribution is 14.1. The Morgan fingerprint density at radius 1 is 1.12 bits per heavy atom. The molecule has 0 aromatic heterocycles. The molecule has 0 spiro atoms. The molecule has 160 valence electrons. The van der Waals surface area contributed by atoms with E-state index in [-0.39, 0.29) is 23.9 Å². The molecule has 7 nitrogen and oxygen atoms in total. The van der Waals surface area contributed by atoms with Crippen LogP contribution in [0.4, 0.5) is 5.69 Å². The Kier molecular flexibility index (Phi) is 6.31. The Hall–Kier alpha value is -3.53. The molecule has 0 fully saturated rings. The first-order valence-corrected chi connectivity index (χ1v) is 10.7. The molecule has 0 unspecified atom stereocenters. The van der Waals surface area contributed by atoms with Gasteiger partial charge in [0.1, 0.15) is 12.4 Å². The van der Waals surface area contributed by atoms with E-state index >= 15 is 0 Å². The zero-order valence-corrected chi connectivity index (χ0v) is 19.1. The van der Waals surface area contributed by atoms with Gasteiger partial charge < -0.3 is 9.47 Å². The normalized spacial score (nSPS) is 14.2. The Morgan fingerprint density at radius 3 is 2.62 bits per heavy atom. The third-order valence-electron chi connectivity index (χ3n) is 4.74. The van der Waals surface area contributed by atoms with Gasteiger partial charge in [-0.25, -0.2) is 9.79 Å². The number of esters is 1. The smallest absolute Gasteiger partial charge is 0.363 e. The van der Waals surface area contributed by atoms with Crippen molar-refractivity contribution in [2.45, 2.75) is 13.5 Å². The molecule has 0 aliphatic carbocycles. The third-order valence-corrected chi connectivity index (χ3v) is 5.95. The number of aliphatic imine (C=N–C) groups is 1. The van der Waals surface area contributed by atoms with Gasteiger partial charge in [0, 0.05) is 21.3 Å². The van der Waals surface area contributed by atoms with E-state index in [2.05, 4.69) is 27.6 Å². The van der Waals surface area contributed by atoms with Crippen molar-refractivity contribution >= 4 is 46.2 Å². The van der Waals surface area contributed by atoms with Crippen molar-refractivity contribution in [3.8, 4) is 5.75 Å². The third kappa shape index (κ3) is 5.02. The Balaban J connectivity index is 1.45. The number of hydrogen-bond donors (Lipinski definition) is 0. The van der Waals surface area contributed by atoms with Gasteiger partial charge in [-0.2, -0.15) is 0 Å². The van der Waals surface area contributed by atoms with E-state index in [4.69, 9.17) is 9.47 Å². The molecule has 1 heterocycles. The van der Waals surface area contributed by atoms with Crippen LogP contribution in [0.15, 0.2) is 77.4 Å². The second kappa shape index (κ2) is 9.31. The molecule has 0 atom stereocenters. The number of nitrogens with zero attached hydrogens (tertiary/aromatic N) is 2. The summed E-state index contributed by atoms with van der Waals surface area (Å²) in [4.78, 5) is 27.0. The fourth-order valence-corrected chi connectivity index (χ4v) is 3.39. The lowest BCUT2D eigenvalue weighted by molar-refractivity contribution is -0.384. The summed E-state index contributed by atoms with van der Waals surface area (Å²) >= 11 is 2.25. The zero-order chi connectivity index (χ0) is 22.7. The summed E-state index contributed by atoms with van der Waals surface area (Å²) in [5.41, 5.74) is 3.55. The van der Waals surface area contributed by atoms with Crippen LogP contribution in [-0.2, 0) is 16.1 Å². The number of carbonyl (C=O) groups is 1. The van der Waals surface area contributed by atoms with Crippen molar-refractivity contribution in [1.29, 1.82) is 0 Å². The van der Waals surface area contributed by atoms with E-state index in [0.717, 1.165) is 20.3 Å². The maximum Gasteiger partial charge on any atom is 0.363 e. The van der Waals surface area contributed by atoms with E-state index in [1.807, 2.05) is 25.1 Å². The first-order valence-electron chi connectivity index (χ1n) is 9.64. The predicted octanol–water partition coefficient (Wildman–Crippen LogP) is 5.43. The molecule has 0 amide bonds. The lowest BCUT2D eigenvalue weighted by atomic mass is 10.1. The average molecular weight is 540 g/mol. The monoisotopic (exact) mass is 540 g/mol. The Bertz CT molecular complexity index is 1270. The van der Waals surface area contributed by atoms with Crippen LogP contribution in [0, 0.1) is 20.6 Å². The molecule has 0 N–H and O–H groups in total. The summed E-state index contributed by atoms with van der Waals surface area (Å²) in [6.07, 6.45) is 1.65. The highest BCUT2D eigenvalue weighted by atomic mass is 127. The van der Waals surface area contributed by atoms with E-state index in [1.165, 1.54) is 12.1 Å². The quantitative estimate of drug-likeness (QED) is 0.137. The van der Waals surface area contributed by atoms with Gasteiger partial charge in [0.05, 0.1) is 4.92 Å². The second-order valence-corrected chi connectivity index (χ2v) is 8.25. The number of halogens is 1. The molecule has 1 aliphatic rings. The summed E-state index contributed by atoms with van der Waals surface area (Å²) in [6.45, 7) is 2.19. The van der Waals surface area contributed by atoms with Crippen LogP contribution in [0.3, 0.4) is 0 Å². The van der Waals surface area contributed by atoms with Crippen molar-refractivity contribution in [3.63, 3.8) is 0 Å². The number of non-ortho nitro benzene ring substituents is 1. The number of hydrogen-bond acceptors (Lipinski definition) is 6. The molecule has 32 heavy (non-hydrogen) atoms. The lowest BCUT2D eigenvalue weighted by Gasteiger charge is -2.06. The zero-order valence-electron chi connectivity index (χ0n) is 16.9. The van der Waals surface area contributed by atoms with Crippen molar-refractivity contribution in [1.82, 2.24) is 0 Å². The lowest BCUT2D eigenvalue weighted by Crippen LogP contribution is -2.05. The van der Waals surface area contributed by atoms with Gasteiger partial charge in [-0.15, -0.1) is 0 Å². The molecule has 0 radical (unpaired) electrons. The fourth-order valence-electron chi connectivity index (χ4n) is 3.05. The van der Waals surface area contributed by atoms with Gasteiger partial charge in [0.15, 0.2) is 5.70 Å². The molecule has 3 aromatic carbocycles. The number of nitro groups is 1. The maximum absolute atomic E-state index is 12.2. The average Bonchev–Trinajstić information content (AvgIpc) is 3.15. The van der Waals surface area contributed by atoms with Crippen LogP contribution in [0.2, 0.25) is 0 Å². The van der Waals surface area contributed by atoms with E-state index < -0.39 is 10.9 Å². The van der Waals surface area contributed by atoms with Crippen LogP contribution >= 0.6 is 22.6 Å². The molecule has 1 aliphatic heterocycles. The number of aryl methyl sites for hydroxylation is 1. The van der Waals surface area contributed by atoms with E-state index in [0.29, 0.717) is 11.3 Å². The number of cyclic esters (lactones) is 1.